The minimum atomic E-state index is -2.79. The number of hydrogen-bond donors (Lipinski definition) is 1. The number of hydrogen-bond acceptors (Lipinski definition) is 4. The van der Waals surface area contributed by atoms with Gasteiger partial charge in [0, 0.05) is 0 Å². The second-order valence-electron chi connectivity index (χ2n) is 2.15. The first kappa shape index (κ1) is 8.98. The number of tetrazole rings is 1. The van der Waals surface area contributed by atoms with Crippen LogP contribution in [0.3, 0.4) is 0 Å². The van der Waals surface area contributed by atoms with E-state index < -0.39 is 6.55 Å². The number of halogens is 2. The summed E-state index contributed by atoms with van der Waals surface area (Å²) in [5.41, 5.74) is 0. The molecule has 0 aliphatic rings. The summed E-state index contributed by atoms with van der Waals surface area (Å²) in [5, 5.41) is 18.3. The molecule has 0 atom stereocenters. The summed E-state index contributed by atoms with van der Waals surface area (Å²) in [4.78, 5) is 0.189. The third-order valence-corrected chi connectivity index (χ3v) is 1.22. The normalized spacial score (nSPS) is 11.5. The third kappa shape index (κ3) is 1.73. The Hall–Kier alpha value is -1.11. The van der Waals surface area contributed by atoms with Crippen LogP contribution in [0.2, 0.25) is 0 Å². The minimum Gasteiger partial charge on any atom is -0.395 e. The molecule has 0 aliphatic carbocycles. The Balaban J connectivity index is 2.77. The van der Waals surface area contributed by atoms with Crippen molar-refractivity contribution in [3.05, 3.63) is 11.7 Å². The summed E-state index contributed by atoms with van der Waals surface area (Å²) in [6.45, 7) is -1.53. The van der Waals surface area contributed by atoms with Gasteiger partial charge in [0.1, 0.15) is 0 Å². The Morgan fingerprint density at radius 2 is 2.33 bits per heavy atom. The van der Waals surface area contributed by atoms with E-state index in [1.54, 1.807) is 0 Å². The van der Waals surface area contributed by atoms with Gasteiger partial charge in [-0.25, -0.2) is 0 Å². The van der Waals surface area contributed by atoms with Crippen molar-refractivity contribution >= 4 is 0 Å². The van der Waals surface area contributed by atoms with Crippen LogP contribution in [0.15, 0.2) is 0 Å². The molecular weight excluding hydrogens is 170 g/mol. The Morgan fingerprint density at radius 1 is 1.67 bits per heavy atom. The summed E-state index contributed by atoms with van der Waals surface area (Å²) < 4.78 is 23.7. The smallest absolute Gasteiger partial charge is 0.350 e. The van der Waals surface area contributed by atoms with Gasteiger partial charge in [-0.3, -0.25) is 0 Å². The fourth-order valence-electron chi connectivity index (χ4n) is 0.549. The maximum Gasteiger partial charge on any atom is 0.350 e. The second-order valence-corrected chi connectivity index (χ2v) is 2.15. The van der Waals surface area contributed by atoms with E-state index in [9.17, 15) is 8.78 Å². The molecule has 0 unspecified atom stereocenters. The number of aliphatic hydroxyl groups excluding tert-OH is 1. The molecular formula is C5H7F2N4O. The lowest BCUT2D eigenvalue weighted by molar-refractivity contribution is 0.0394. The molecule has 0 bridgehead atoms. The predicted octanol–water partition coefficient (Wildman–Crippen LogP) is 0.00299. The molecule has 1 N–H and O–H groups in total. The van der Waals surface area contributed by atoms with Crippen molar-refractivity contribution in [2.24, 2.45) is 0 Å². The van der Waals surface area contributed by atoms with Crippen molar-refractivity contribution in [1.29, 1.82) is 0 Å². The third-order valence-electron chi connectivity index (χ3n) is 1.22. The molecule has 1 rings (SSSR count). The topological polar surface area (TPSA) is 63.8 Å². The molecule has 67 valence electrons. The maximum atomic E-state index is 11.9. The average molecular weight is 177 g/mol. The molecule has 0 fully saturated rings. The molecule has 0 spiro atoms. The highest BCUT2D eigenvalue weighted by Gasteiger charge is 2.15. The van der Waals surface area contributed by atoms with Gasteiger partial charge in [0.2, 0.25) is 0 Å². The first-order valence-corrected chi connectivity index (χ1v) is 3.16. The number of rotatable bonds is 3. The minimum absolute atomic E-state index is 0.0396. The number of aromatic nitrogens is 4. The SMILES string of the molecule is C[C](CO)c1nnn(C(F)F)n1. The fraction of sp³-hybridized carbons (Fsp3) is 0.600. The summed E-state index contributed by atoms with van der Waals surface area (Å²) in [6.07, 6.45) is 0. The summed E-state index contributed by atoms with van der Waals surface area (Å²) >= 11 is 0. The Labute approximate surface area is 67.0 Å². The highest BCUT2D eigenvalue weighted by molar-refractivity contribution is 5.08. The zero-order valence-corrected chi connectivity index (χ0v) is 6.28. The van der Waals surface area contributed by atoms with Gasteiger partial charge >= 0.3 is 6.55 Å². The van der Waals surface area contributed by atoms with E-state index in [1.807, 2.05) is 0 Å². The summed E-state index contributed by atoms with van der Waals surface area (Å²) in [7, 11) is 0. The van der Waals surface area contributed by atoms with Crippen molar-refractivity contribution in [3.63, 3.8) is 0 Å². The lowest BCUT2D eigenvalue weighted by Crippen LogP contribution is -2.05. The first-order valence-electron chi connectivity index (χ1n) is 3.16. The van der Waals surface area contributed by atoms with E-state index in [4.69, 9.17) is 5.11 Å². The van der Waals surface area contributed by atoms with Gasteiger partial charge in [0.05, 0.1) is 12.5 Å². The zero-order chi connectivity index (χ0) is 9.14. The van der Waals surface area contributed by atoms with Crippen molar-refractivity contribution in [2.75, 3.05) is 6.61 Å². The highest BCUT2D eigenvalue weighted by atomic mass is 19.3. The fourth-order valence-corrected chi connectivity index (χ4v) is 0.549. The number of alkyl halides is 2. The average Bonchev–Trinajstić information content (AvgIpc) is 2.51. The van der Waals surface area contributed by atoms with Crippen LogP contribution in [-0.2, 0) is 0 Å². The molecule has 1 aromatic heterocycles. The predicted molar refractivity (Wildman–Crippen MR) is 34.2 cm³/mol. The van der Waals surface area contributed by atoms with Crippen molar-refractivity contribution in [2.45, 2.75) is 13.5 Å². The molecule has 0 saturated carbocycles. The van der Waals surface area contributed by atoms with Crippen LogP contribution in [0.25, 0.3) is 0 Å². The molecule has 0 aromatic carbocycles. The van der Waals surface area contributed by atoms with Crippen LogP contribution >= 0.6 is 0 Å². The molecule has 7 heteroatoms. The van der Waals surface area contributed by atoms with Crippen LogP contribution in [0.5, 0.6) is 0 Å². The van der Waals surface area contributed by atoms with E-state index in [0.29, 0.717) is 5.92 Å². The van der Waals surface area contributed by atoms with E-state index in [2.05, 4.69) is 15.4 Å². The lowest BCUT2D eigenvalue weighted by atomic mass is 10.2. The highest BCUT2D eigenvalue weighted by Crippen LogP contribution is 2.09. The molecule has 0 aliphatic heterocycles. The first-order chi connectivity index (χ1) is 5.65. The molecule has 1 aromatic rings. The molecule has 1 heterocycles. The lowest BCUT2D eigenvalue weighted by Gasteiger charge is -1.97. The zero-order valence-electron chi connectivity index (χ0n) is 6.28. The van der Waals surface area contributed by atoms with Gasteiger partial charge in [0.15, 0.2) is 5.82 Å². The van der Waals surface area contributed by atoms with Crippen molar-refractivity contribution in [1.82, 2.24) is 20.2 Å². The maximum absolute atomic E-state index is 11.9. The van der Waals surface area contributed by atoms with Gasteiger partial charge in [0.25, 0.3) is 0 Å². The van der Waals surface area contributed by atoms with E-state index in [0.717, 1.165) is 0 Å². The van der Waals surface area contributed by atoms with Gasteiger partial charge < -0.3 is 5.11 Å². The molecule has 12 heavy (non-hydrogen) atoms. The number of aliphatic hydroxyl groups is 1. The van der Waals surface area contributed by atoms with Crippen LogP contribution in [0.4, 0.5) is 8.78 Å². The monoisotopic (exact) mass is 177 g/mol. The van der Waals surface area contributed by atoms with Crippen LogP contribution in [-0.4, -0.2) is 31.9 Å². The van der Waals surface area contributed by atoms with E-state index in [-0.39, 0.29) is 17.2 Å². The van der Waals surface area contributed by atoms with Crippen molar-refractivity contribution in [3.8, 4) is 0 Å². The standard InChI is InChI=1S/C5H7F2N4O/c1-3(2-12)4-8-10-11(9-4)5(6)7/h5,12H,2H2,1H3. The number of nitrogens with zero attached hydrogens (tertiary/aromatic N) is 4. The Kier molecular flexibility index (Phi) is 2.64. The van der Waals surface area contributed by atoms with Gasteiger partial charge in [-0.2, -0.15) is 8.78 Å². The van der Waals surface area contributed by atoms with E-state index in [1.165, 1.54) is 6.92 Å². The second kappa shape index (κ2) is 3.53. The quantitative estimate of drug-likeness (QED) is 0.705. The van der Waals surface area contributed by atoms with Crippen LogP contribution in [0, 0.1) is 5.92 Å². The summed E-state index contributed by atoms with van der Waals surface area (Å²) in [5.74, 6) is 0.444. The van der Waals surface area contributed by atoms with Crippen LogP contribution in [0.1, 0.15) is 19.3 Å². The van der Waals surface area contributed by atoms with E-state index >= 15 is 0 Å². The molecule has 0 amide bonds. The Morgan fingerprint density at radius 3 is 2.75 bits per heavy atom. The van der Waals surface area contributed by atoms with Crippen molar-refractivity contribution < 1.29 is 13.9 Å². The van der Waals surface area contributed by atoms with Gasteiger partial charge in [-0.15, -0.1) is 10.2 Å². The molecule has 0 saturated heterocycles. The van der Waals surface area contributed by atoms with Crippen LogP contribution < -0.4 is 0 Å². The van der Waals surface area contributed by atoms with Gasteiger partial charge in [-0.1, -0.05) is 4.80 Å². The Bertz CT molecular complexity index is 251. The molecule has 5 nitrogen and oxygen atoms in total. The van der Waals surface area contributed by atoms with Gasteiger partial charge in [-0.05, 0) is 12.1 Å². The summed E-state index contributed by atoms with van der Waals surface area (Å²) in [6, 6.07) is 0. The molecule has 1 radical (unpaired) electrons. The largest absolute Gasteiger partial charge is 0.395 e.